The molecular weight excluding hydrogens is 382 g/mol. The Morgan fingerprint density at radius 1 is 1.28 bits per heavy atom. The van der Waals surface area contributed by atoms with Gasteiger partial charge in [-0.1, -0.05) is 30.3 Å². The van der Waals surface area contributed by atoms with Crippen LogP contribution in [0, 0.1) is 13.8 Å². The number of anilines is 1. The van der Waals surface area contributed by atoms with Crippen LogP contribution in [0.1, 0.15) is 29.3 Å². The van der Waals surface area contributed by atoms with E-state index >= 15 is 0 Å². The molecule has 0 spiro atoms. The molecular formula is C22H28N5OS+. The summed E-state index contributed by atoms with van der Waals surface area (Å²) in [6.45, 7) is 9.12. The summed E-state index contributed by atoms with van der Waals surface area (Å²) in [5, 5.41) is 7.54. The Kier molecular flexibility index (Phi) is 5.78. The zero-order chi connectivity index (χ0) is 20.4. The molecule has 1 saturated heterocycles. The summed E-state index contributed by atoms with van der Waals surface area (Å²) in [5.74, 6) is 0.759. The summed E-state index contributed by atoms with van der Waals surface area (Å²) < 4.78 is 0. The summed E-state index contributed by atoms with van der Waals surface area (Å²) in [4.78, 5) is 25.2. The highest BCUT2D eigenvalue weighted by Crippen LogP contribution is 2.32. The van der Waals surface area contributed by atoms with Gasteiger partial charge in [-0.25, -0.2) is 9.97 Å². The van der Waals surface area contributed by atoms with Crippen molar-refractivity contribution in [2.24, 2.45) is 0 Å². The van der Waals surface area contributed by atoms with E-state index in [-0.39, 0.29) is 18.0 Å². The van der Waals surface area contributed by atoms with E-state index in [1.165, 1.54) is 20.9 Å². The molecule has 0 aliphatic carbocycles. The van der Waals surface area contributed by atoms with Crippen molar-refractivity contribution in [3.8, 4) is 0 Å². The second-order valence-electron chi connectivity index (χ2n) is 7.91. The number of carbonyl (C=O) groups excluding carboxylic acids is 1. The second-order valence-corrected chi connectivity index (χ2v) is 9.12. The number of rotatable bonds is 6. The summed E-state index contributed by atoms with van der Waals surface area (Å²) in [6.07, 6.45) is 2.58. The van der Waals surface area contributed by atoms with Crippen LogP contribution in [0.5, 0.6) is 0 Å². The van der Waals surface area contributed by atoms with Crippen LogP contribution in [0.2, 0.25) is 0 Å². The van der Waals surface area contributed by atoms with Gasteiger partial charge in [-0.2, -0.15) is 0 Å². The third kappa shape index (κ3) is 4.41. The average Bonchev–Trinajstić information content (AvgIpc) is 3.27. The molecule has 3 atom stereocenters. The highest BCUT2D eigenvalue weighted by molar-refractivity contribution is 7.18. The van der Waals surface area contributed by atoms with E-state index < -0.39 is 0 Å². The average molecular weight is 411 g/mol. The number of aryl methyl sites for hydroxylation is 2. The molecule has 29 heavy (non-hydrogen) atoms. The number of nitrogens with one attached hydrogen (secondary N) is 3. The zero-order valence-electron chi connectivity index (χ0n) is 17.2. The predicted molar refractivity (Wildman–Crippen MR) is 117 cm³/mol. The molecule has 6 nitrogen and oxygen atoms in total. The Morgan fingerprint density at radius 2 is 2.07 bits per heavy atom. The maximum Gasteiger partial charge on any atom is 0.242 e. The fourth-order valence-electron chi connectivity index (χ4n) is 3.99. The summed E-state index contributed by atoms with van der Waals surface area (Å²) >= 11 is 1.66. The Labute approximate surface area is 175 Å². The maximum absolute atomic E-state index is 12.8. The first-order chi connectivity index (χ1) is 14.0. The lowest BCUT2D eigenvalue weighted by Crippen LogP contribution is -3.09. The number of likely N-dealkylation sites (tertiary alicyclic amines) is 1. The largest absolute Gasteiger partial charge is 0.358 e. The smallest absolute Gasteiger partial charge is 0.242 e. The molecule has 1 amide bonds. The van der Waals surface area contributed by atoms with Crippen molar-refractivity contribution in [3.63, 3.8) is 0 Å². The topological polar surface area (TPSA) is 71.3 Å². The first kappa shape index (κ1) is 19.8. The van der Waals surface area contributed by atoms with Crippen molar-refractivity contribution >= 4 is 33.3 Å². The third-order valence-corrected chi connectivity index (χ3v) is 6.85. The van der Waals surface area contributed by atoms with Gasteiger partial charge in [-0.15, -0.1) is 11.3 Å². The number of benzene rings is 1. The predicted octanol–water partition coefficient (Wildman–Crippen LogP) is 2.08. The number of fused-ring (bicyclic) bond motifs is 1. The molecule has 3 heterocycles. The number of nitrogens with zero attached hydrogens (tertiary/aromatic N) is 2. The van der Waals surface area contributed by atoms with Crippen LogP contribution in [0.4, 0.5) is 5.82 Å². The van der Waals surface area contributed by atoms with E-state index in [4.69, 9.17) is 0 Å². The lowest BCUT2D eigenvalue weighted by molar-refractivity contribution is -0.901. The number of amides is 1. The lowest BCUT2D eigenvalue weighted by atomic mass is 10.2. The van der Waals surface area contributed by atoms with Crippen LogP contribution in [0.25, 0.3) is 10.2 Å². The first-order valence-electron chi connectivity index (χ1n) is 10.2. The summed E-state index contributed by atoms with van der Waals surface area (Å²) in [5.41, 5.74) is 2.52. The van der Waals surface area contributed by atoms with E-state index in [9.17, 15) is 4.79 Å². The minimum Gasteiger partial charge on any atom is -0.358 e. The van der Waals surface area contributed by atoms with Crippen LogP contribution in [0.15, 0.2) is 36.7 Å². The normalized spacial score (nSPS) is 20.0. The van der Waals surface area contributed by atoms with Crippen molar-refractivity contribution in [1.29, 1.82) is 0 Å². The van der Waals surface area contributed by atoms with Crippen molar-refractivity contribution < 1.29 is 9.69 Å². The van der Waals surface area contributed by atoms with Crippen LogP contribution in [0.3, 0.4) is 0 Å². The monoisotopic (exact) mass is 410 g/mol. The van der Waals surface area contributed by atoms with Gasteiger partial charge in [0, 0.05) is 16.9 Å². The van der Waals surface area contributed by atoms with Crippen molar-refractivity contribution in [2.45, 2.75) is 45.8 Å². The zero-order valence-corrected chi connectivity index (χ0v) is 18.0. The minimum absolute atomic E-state index is 0.0207. The number of hydrogen-bond acceptors (Lipinski definition) is 5. The van der Waals surface area contributed by atoms with E-state index in [1.54, 1.807) is 17.7 Å². The third-order valence-electron chi connectivity index (χ3n) is 5.74. The number of aromatic nitrogens is 2. The van der Waals surface area contributed by atoms with Crippen LogP contribution < -0.4 is 15.5 Å². The Balaban J connectivity index is 1.35. The lowest BCUT2D eigenvalue weighted by Gasteiger charge is -2.18. The minimum atomic E-state index is -0.356. The van der Waals surface area contributed by atoms with Gasteiger partial charge in [0.1, 0.15) is 29.6 Å². The van der Waals surface area contributed by atoms with Crippen LogP contribution in [-0.4, -0.2) is 41.0 Å². The molecule has 4 rings (SSSR count). The van der Waals surface area contributed by atoms with Crippen molar-refractivity contribution in [2.75, 3.05) is 18.4 Å². The van der Waals surface area contributed by atoms with Crippen molar-refractivity contribution in [1.82, 2.24) is 15.3 Å². The van der Waals surface area contributed by atoms with Crippen molar-refractivity contribution in [3.05, 3.63) is 52.7 Å². The number of hydrogen-bond donors (Lipinski definition) is 3. The van der Waals surface area contributed by atoms with Gasteiger partial charge in [0.15, 0.2) is 0 Å². The van der Waals surface area contributed by atoms with Gasteiger partial charge in [-0.3, -0.25) is 4.79 Å². The number of carbonyl (C=O) groups is 1. The van der Waals surface area contributed by atoms with Gasteiger partial charge >= 0.3 is 0 Å². The second kappa shape index (κ2) is 8.47. The molecule has 3 aromatic rings. The van der Waals surface area contributed by atoms with E-state index in [0.717, 1.165) is 42.1 Å². The van der Waals surface area contributed by atoms with Gasteiger partial charge in [-0.05, 0) is 26.3 Å². The Hall–Kier alpha value is -2.51. The molecule has 1 aliphatic rings. The Morgan fingerprint density at radius 3 is 2.86 bits per heavy atom. The van der Waals surface area contributed by atoms with Gasteiger partial charge in [0.05, 0.1) is 24.5 Å². The Bertz CT molecular complexity index is 1000. The van der Waals surface area contributed by atoms with Gasteiger partial charge in [0.2, 0.25) is 5.91 Å². The molecule has 1 aliphatic heterocycles. The molecule has 1 aromatic carbocycles. The van der Waals surface area contributed by atoms with Gasteiger partial charge in [0.25, 0.3) is 0 Å². The van der Waals surface area contributed by atoms with Gasteiger partial charge < -0.3 is 15.5 Å². The quantitative estimate of drug-likeness (QED) is 0.582. The molecule has 2 aromatic heterocycles. The van der Waals surface area contributed by atoms with E-state index in [2.05, 4.69) is 58.7 Å². The number of quaternary nitrogens is 1. The first-order valence-corrected chi connectivity index (χ1v) is 11.0. The van der Waals surface area contributed by atoms with Crippen LogP contribution in [-0.2, 0) is 11.3 Å². The van der Waals surface area contributed by atoms with E-state index in [0.29, 0.717) is 0 Å². The number of thiophene rings is 1. The molecule has 7 heteroatoms. The molecule has 0 saturated carbocycles. The molecule has 1 unspecified atom stereocenters. The molecule has 3 N–H and O–H groups in total. The standard InChI is InChI=1S/C22H27N5OS/c1-14-16(3)29-22-19(14)20(23-13-24-22)25-15(2)21(28)26-18-9-10-27(12-18)11-17-7-5-4-6-8-17/h4-8,13,15,18H,9-12H2,1-3H3,(H,26,28)(H,23,24,25)/p+1/t15-,18-/m1/s1. The summed E-state index contributed by atoms with van der Waals surface area (Å²) in [7, 11) is 0. The molecule has 1 fully saturated rings. The fourth-order valence-corrected chi connectivity index (χ4v) is 4.98. The van der Waals surface area contributed by atoms with Crippen LogP contribution >= 0.6 is 11.3 Å². The SMILES string of the molecule is Cc1sc2ncnc(N[C@H](C)C(=O)N[C@@H]3CC[NH+](Cc4ccccc4)C3)c2c1C. The highest BCUT2D eigenvalue weighted by atomic mass is 32.1. The maximum atomic E-state index is 12.8. The molecule has 152 valence electrons. The summed E-state index contributed by atoms with van der Waals surface area (Å²) in [6, 6.07) is 10.4. The molecule has 0 radical (unpaired) electrons. The van der Waals surface area contributed by atoms with E-state index in [1.807, 2.05) is 13.0 Å². The fraction of sp³-hybridized carbons (Fsp3) is 0.409. The molecule has 0 bridgehead atoms. The highest BCUT2D eigenvalue weighted by Gasteiger charge is 2.29.